The summed E-state index contributed by atoms with van der Waals surface area (Å²) in [5.41, 5.74) is 0.944. The Labute approximate surface area is 183 Å². The maximum absolute atomic E-state index is 14.1. The van der Waals surface area contributed by atoms with E-state index in [-0.39, 0.29) is 11.3 Å². The molecule has 2 N–H and O–H groups in total. The number of nitrogens with zero attached hydrogens (tertiary/aromatic N) is 1. The first-order valence-electron chi connectivity index (χ1n) is 9.30. The van der Waals surface area contributed by atoms with Crippen LogP contribution in [0.5, 0.6) is 0 Å². The summed E-state index contributed by atoms with van der Waals surface area (Å²) in [5.74, 6) is -1.26. The molecule has 0 fully saturated rings. The quantitative estimate of drug-likeness (QED) is 0.414. The molecule has 3 aromatic rings. The fraction of sp³-hybridized carbons (Fsp3) is 0.0417. The van der Waals surface area contributed by atoms with E-state index in [1.54, 1.807) is 66.7 Å². The first-order chi connectivity index (χ1) is 15.1. The standard InChI is InChI=1S/C24H18FN3O2S/c25-21-9-5-4-8-18(21)16-22(28-23(29)17-6-2-1-3-7-17)24(30)27-19-10-12-20(13-11-19)31-15-14-26/h1-13,16H,15H2,(H,27,30)(H,28,29)/b22-16-. The second kappa shape index (κ2) is 10.8. The van der Waals surface area contributed by atoms with Gasteiger partial charge in [0.2, 0.25) is 0 Å². The van der Waals surface area contributed by atoms with Crippen molar-refractivity contribution in [3.8, 4) is 6.07 Å². The Hall–Kier alpha value is -3.89. The van der Waals surface area contributed by atoms with Gasteiger partial charge in [0.25, 0.3) is 11.8 Å². The van der Waals surface area contributed by atoms with E-state index in [9.17, 15) is 14.0 Å². The Kier molecular flexibility index (Phi) is 7.57. The Morgan fingerprint density at radius 3 is 2.32 bits per heavy atom. The van der Waals surface area contributed by atoms with Crippen LogP contribution >= 0.6 is 11.8 Å². The summed E-state index contributed by atoms with van der Waals surface area (Å²) >= 11 is 1.38. The van der Waals surface area contributed by atoms with Gasteiger partial charge in [-0.3, -0.25) is 9.59 Å². The van der Waals surface area contributed by atoms with Crippen LogP contribution in [0.25, 0.3) is 6.08 Å². The number of nitrogens with one attached hydrogen (secondary N) is 2. The number of hydrogen-bond donors (Lipinski definition) is 2. The van der Waals surface area contributed by atoms with Crippen LogP contribution in [0.1, 0.15) is 15.9 Å². The Balaban J connectivity index is 1.83. The van der Waals surface area contributed by atoms with Gasteiger partial charge < -0.3 is 10.6 Å². The third kappa shape index (κ3) is 6.29. The van der Waals surface area contributed by atoms with E-state index >= 15 is 0 Å². The number of carbonyl (C=O) groups excluding carboxylic acids is 2. The number of benzene rings is 3. The third-order valence-electron chi connectivity index (χ3n) is 4.15. The number of anilines is 1. The summed E-state index contributed by atoms with van der Waals surface area (Å²) in [7, 11) is 0. The second-order valence-corrected chi connectivity index (χ2v) is 7.37. The molecule has 0 heterocycles. The summed E-state index contributed by atoms with van der Waals surface area (Å²) in [6, 6.07) is 23.4. The van der Waals surface area contributed by atoms with Crippen LogP contribution in [0, 0.1) is 17.1 Å². The molecule has 2 amide bonds. The minimum Gasteiger partial charge on any atom is -0.321 e. The molecule has 3 rings (SSSR count). The van der Waals surface area contributed by atoms with Gasteiger partial charge in [0.05, 0.1) is 11.8 Å². The predicted octanol–water partition coefficient (Wildman–Crippen LogP) is 4.85. The molecule has 3 aromatic carbocycles. The van der Waals surface area contributed by atoms with Crippen molar-refractivity contribution in [3.63, 3.8) is 0 Å². The fourth-order valence-electron chi connectivity index (χ4n) is 2.64. The molecule has 7 heteroatoms. The van der Waals surface area contributed by atoms with E-state index < -0.39 is 17.6 Å². The number of nitriles is 1. The van der Waals surface area contributed by atoms with Crippen molar-refractivity contribution in [1.82, 2.24) is 5.32 Å². The van der Waals surface area contributed by atoms with E-state index in [1.165, 1.54) is 30.0 Å². The third-order valence-corrected chi connectivity index (χ3v) is 5.03. The monoisotopic (exact) mass is 431 g/mol. The number of thioether (sulfide) groups is 1. The lowest BCUT2D eigenvalue weighted by Crippen LogP contribution is -2.30. The molecule has 0 aromatic heterocycles. The van der Waals surface area contributed by atoms with Crippen molar-refractivity contribution in [2.75, 3.05) is 11.1 Å². The highest BCUT2D eigenvalue weighted by molar-refractivity contribution is 7.99. The van der Waals surface area contributed by atoms with Gasteiger partial charge in [0, 0.05) is 21.7 Å². The largest absolute Gasteiger partial charge is 0.321 e. The van der Waals surface area contributed by atoms with Crippen LogP contribution in [0.15, 0.2) is 89.5 Å². The summed E-state index contributed by atoms with van der Waals surface area (Å²) in [4.78, 5) is 26.4. The normalized spacial score (nSPS) is 10.8. The first-order valence-corrected chi connectivity index (χ1v) is 10.3. The summed E-state index contributed by atoms with van der Waals surface area (Å²) in [6.07, 6.45) is 1.29. The van der Waals surface area contributed by atoms with Gasteiger partial charge in [-0.15, -0.1) is 11.8 Å². The zero-order chi connectivity index (χ0) is 22.1. The van der Waals surface area contributed by atoms with Gasteiger partial charge in [-0.25, -0.2) is 4.39 Å². The van der Waals surface area contributed by atoms with Gasteiger partial charge in [-0.05, 0) is 48.5 Å². The van der Waals surface area contributed by atoms with Crippen molar-refractivity contribution in [3.05, 3.63) is 102 Å². The van der Waals surface area contributed by atoms with Crippen LogP contribution in [0.2, 0.25) is 0 Å². The van der Waals surface area contributed by atoms with E-state index in [0.717, 1.165) is 4.90 Å². The Morgan fingerprint density at radius 1 is 0.968 bits per heavy atom. The van der Waals surface area contributed by atoms with Crippen LogP contribution in [0.3, 0.4) is 0 Å². The molecule has 0 bridgehead atoms. The molecular formula is C24H18FN3O2S. The van der Waals surface area contributed by atoms with Crippen molar-refractivity contribution in [2.45, 2.75) is 4.90 Å². The van der Waals surface area contributed by atoms with Crippen LogP contribution in [-0.4, -0.2) is 17.6 Å². The number of carbonyl (C=O) groups is 2. The van der Waals surface area contributed by atoms with Gasteiger partial charge >= 0.3 is 0 Å². The molecule has 0 spiro atoms. The number of hydrogen-bond acceptors (Lipinski definition) is 4. The smallest absolute Gasteiger partial charge is 0.272 e. The molecule has 0 unspecified atom stereocenters. The maximum Gasteiger partial charge on any atom is 0.272 e. The van der Waals surface area contributed by atoms with Gasteiger partial charge in [-0.1, -0.05) is 36.4 Å². The molecule has 0 aliphatic carbocycles. The summed E-state index contributed by atoms with van der Waals surface area (Å²) in [6.45, 7) is 0. The lowest BCUT2D eigenvalue weighted by atomic mass is 10.1. The van der Waals surface area contributed by atoms with Crippen LogP contribution in [0.4, 0.5) is 10.1 Å². The average Bonchev–Trinajstić information content (AvgIpc) is 2.80. The molecule has 0 saturated carbocycles. The van der Waals surface area contributed by atoms with Crippen molar-refractivity contribution in [1.29, 1.82) is 5.26 Å². The first kappa shape index (κ1) is 21.8. The van der Waals surface area contributed by atoms with Crippen LogP contribution < -0.4 is 10.6 Å². The predicted molar refractivity (Wildman–Crippen MR) is 120 cm³/mol. The van der Waals surface area contributed by atoms with E-state index in [1.807, 2.05) is 0 Å². The molecule has 0 aliphatic rings. The van der Waals surface area contributed by atoms with Gasteiger partial charge in [0.15, 0.2) is 0 Å². The highest BCUT2D eigenvalue weighted by Gasteiger charge is 2.16. The number of amides is 2. The second-order valence-electron chi connectivity index (χ2n) is 6.32. The Morgan fingerprint density at radius 2 is 1.65 bits per heavy atom. The minimum absolute atomic E-state index is 0.0955. The van der Waals surface area contributed by atoms with Crippen molar-refractivity contribution >= 4 is 35.3 Å². The molecule has 154 valence electrons. The SMILES string of the molecule is N#CCSc1ccc(NC(=O)/C(=C/c2ccccc2F)NC(=O)c2ccccc2)cc1. The fourth-order valence-corrected chi connectivity index (χ4v) is 3.20. The maximum atomic E-state index is 14.1. The average molecular weight is 431 g/mol. The van der Waals surface area contributed by atoms with Crippen LogP contribution in [-0.2, 0) is 4.79 Å². The Bertz CT molecular complexity index is 1140. The lowest BCUT2D eigenvalue weighted by Gasteiger charge is -2.12. The van der Waals surface area contributed by atoms with Gasteiger partial charge in [-0.2, -0.15) is 5.26 Å². The molecule has 0 atom stereocenters. The molecule has 31 heavy (non-hydrogen) atoms. The van der Waals surface area contributed by atoms with Crippen molar-refractivity contribution < 1.29 is 14.0 Å². The zero-order valence-corrected chi connectivity index (χ0v) is 17.2. The number of halogens is 1. The van der Waals surface area contributed by atoms with E-state index in [4.69, 9.17) is 5.26 Å². The molecule has 0 aliphatic heterocycles. The molecular weight excluding hydrogens is 413 g/mol. The topological polar surface area (TPSA) is 82.0 Å². The van der Waals surface area contributed by atoms with E-state index in [0.29, 0.717) is 17.0 Å². The van der Waals surface area contributed by atoms with E-state index in [2.05, 4.69) is 16.7 Å². The highest BCUT2D eigenvalue weighted by Crippen LogP contribution is 2.20. The molecule has 0 radical (unpaired) electrons. The highest BCUT2D eigenvalue weighted by atomic mass is 32.2. The summed E-state index contributed by atoms with van der Waals surface area (Å²) < 4.78 is 14.1. The zero-order valence-electron chi connectivity index (χ0n) is 16.3. The minimum atomic E-state index is -0.593. The molecule has 5 nitrogen and oxygen atoms in total. The number of rotatable bonds is 7. The molecule has 0 saturated heterocycles. The summed E-state index contributed by atoms with van der Waals surface area (Å²) in [5, 5.41) is 13.9. The van der Waals surface area contributed by atoms with Gasteiger partial charge in [0.1, 0.15) is 11.5 Å². The van der Waals surface area contributed by atoms with Crippen molar-refractivity contribution in [2.24, 2.45) is 0 Å². The lowest BCUT2D eigenvalue weighted by molar-refractivity contribution is -0.113.